The van der Waals surface area contributed by atoms with Crippen molar-refractivity contribution in [2.45, 2.75) is 0 Å². The van der Waals surface area contributed by atoms with Gasteiger partial charge in [-0.15, -0.1) is 0 Å². The molecule has 26 heavy (non-hydrogen) atoms. The summed E-state index contributed by atoms with van der Waals surface area (Å²) in [6.45, 7) is 0. The van der Waals surface area contributed by atoms with E-state index in [4.69, 9.17) is 10.8 Å². The van der Waals surface area contributed by atoms with Gasteiger partial charge in [-0.25, -0.2) is 4.79 Å². The Bertz CT molecular complexity index is 1030. The number of carboxylic acids is 1. The Kier molecular flexibility index (Phi) is 4.15. The van der Waals surface area contributed by atoms with Crippen LogP contribution < -0.4 is 5.73 Å². The number of carbonyl (C=O) groups is 2. The highest BCUT2D eigenvalue weighted by Gasteiger charge is 2.20. The molecule has 4 N–H and O–H groups in total. The molecule has 0 bridgehead atoms. The molecule has 0 fully saturated rings. The van der Waals surface area contributed by atoms with E-state index in [1.54, 1.807) is 24.3 Å². The van der Waals surface area contributed by atoms with E-state index in [2.05, 4.69) is 15.4 Å². The Balaban J connectivity index is 2.00. The highest BCUT2D eigenvalue weighted by molar-refractivity contribution is 5.97. The molecule has 0 saturated carbocycles. The van der Waals surface area contributed by atoms with E-state index in [0.717, 1.165) is 0 Å². The molecule has 3 aromatic rings. The summed E-state index contributed by atoms with van der Waals surface area (Å²) in [5, 5.41) is 30.0. The summed E-state index contributed by atoms with van der Waals surface area (Å²) in [4.78, 5) is 32.8. The number of aromatic carboxylic acids is 1. The van der Waals surface area contributed by atoms with Crippen LogP contribution in [0.1, 0.15) is 20.8 Å². The van der Waals surface area contributed by atoms with Gasteiger partial charge in [-0.1, -0.05) is 30.3 Å². The smallest absolute Gasteiger partial charge is 0.342 e. The second kappa shape index (κ2) is 6.43. The topological polar surface area (TPSA) is 165 Å². The number of carbonyl (C=O) groups excluding carboxylic acids is 1. The Labute approximate surface area is 145 Å². The number of nitro benzene ring substituents is 1. The van der Waals surface area contributed by atoms with Crippen molar-refractivity contribution in [1.82, 2.24) is 15.4 Å². The van der Waals surface area contributed by atoms with Gasteiger partial charge in [0.15, 0.2) is 5.69 Å². The number of benzene rings is 2. The molecular weight excluding hydrogens is 342 g/mol. The molecule has 0 atom stereocenters. The van der Waals surface area contributed by atoms with Crippen molar-refractivity contribution in [2.75, 3.05) is 0 Å². The number of nitrogens with zero attached hydrogens (tertiary/aromatic N) is 3. The zero-order chi connectivity index (χ0) is 18.8. The van der Waals surface area contributed by atoms with Gasteiger partial charge in [0.05, 0.1) is 4.92 Å². The highest BCUT2D eigenvalue weighted by atomic mass is 16.6. The third-order valence-corrected chi connectivity index (χ3v) is 3.70. The third-order valence-electron chi connectivity index (χ3n) is 3.70. The van der Waals surface area contributed by atoms with Crippen molar-refractivity contribution in [2.24, 2.45) is 5.73 Å². The summed E-state index contributed by atoms with van der Waals surface area (Å²) >= 11 is 0. The lowest BCUT2D eigenvalue weighted by molar-refractivity contribution is -0.385. The van der Waals surface area contributed by atoms with Crippen molar-refractivity contribution < 1.29 is 19.6 Å². The fourth-order valence-corrected chi connectivity index (χ4v) is 2.47. The molecule has 0 radical (unpaired) electrons. The minimum Gasteiger partial charge on any atom is -0.477 e. The Hall–Kier alpha value is -4.08. The number of carboxylic acid groups (broad SMARTS) is 1. The van der Waals surface area contributed by atoms with E-state index in [-0.39, 0.29) is 17.0 Å². The van der Waals surface area contributed by atoms with Gasteiger partial charge in [0.1, 0.15) is 11.3 Å². The lowest BCUT2D eigenvalue weighted by Gasteiger charge is -2.05. The summed E-state index contributed by atoms with van der Waals surface area (Å²) in [5.41, 5.74) is 6.31. The second-order valence-electron chi connectivity index (χ2n) is 5.26. The summed E-state index contributed by atoms with van der Waals surface area (Å²) < 4.78 is 0. The van der Waals surface area contributed by atoms with E-state index >= 15 is 0 Å². The maximum absolute atomic E-state index is 11.3. The number of nitrogens with two attached hydrogens (primary N) is 1. The molecule has 0 aliphatic heterocycles. The summed E-state index contributed by atoms with van der Waals surface area (Å²) in [6.07, 6.45) is 0. The zero-order valence-electron chi connectivity index (χ0n) is 13.0. The molecule has 1 amide bonds. The van der Waals surface area contributed by atoms with Crippen molar-refractivity contribution in [3.8, 4) is 22.4 Å². The number of hydrogen-bond acceptors (Lipinski definition) is 6. The van der Waals surface area contributed by atoms with Crippen LogP contribution in [0.2, 0.25) is 0 Å². The average Bonchev–Trinajstić information content (AvgIpc) is 3.11. The molecule has 1 aromatic heterocycles. The number of nitrogens with one attached hydrogen (secondary N) is 1. The van der Waals surface area contributed by atoms with Crippen LogP contribution in [0, 0.1) is 10.1 Å². The molecule has 0 aliphatic carbocycles. The molecule has 10 heteroatoms. The molecular formula is C16H11N5O5. The van der Waals surface area contributed by atoms with Gasteiger partial charge in [-0.05, 0) is 17.2 Å². The number of amides is 1. The average molecular weight is 353 g/mol. The molecule has 3 rings (SSSR count). The van der Waals surface area contributed by atoms with Crippen LogP contribution >= 0.6 is 0 Å². The van der Waals surface area contributed by atoms with Crippen molar-refractivity contribution in [1.29, 1.82) is 0 Å². The van der Waals surface area contributed by atoms with Gasteiger partial charge in [0.25, 0.3) is 11.6 Å². The van der Waals surface area contributed by atoms with Gasteiger partial charge in [-0.2, -0.15) is 15.4 Å². The van der Waals surface area contributed by atoms with Gasteiger partial charge in [0, 0.05) is 11.6 Å². The van der Waals surface area contributed by atoms with Crippen LogP contribution in [0.5, 0.6) is 0 Å². The van der Waals surface area contributed by atoms with Crippen LogP contribution in [0.25, 0.3) is 22.4 Å². The number of nitro groups is 1. The number of H-pyrrole nitrogens is 1. The number of primary amides is 1. The summed E-state index contributed by atoms with van der Waals surface area (Å²) in [7, 11) is 0. The van der Waals surface area contributed by atoms with Gasteiger partial charge < -0.3 is 10.8 Å². The maximum Gasteiger partial charge on any atom is 0.342 e. The van der Waals surface area contributed by atoms with Crippen LogP contribution in [0.15, 0.2) is 42.5 Å². The fourth-order valence-electron chi connectivity index (χ4n) is 2.47. The van der Waals surface area contributed by atoms with Crippen LogP contribution in [-0.2, 0) is 0 Å². The van der Waals surface area contributed by atoms with Crippen molar-refractivity contribution in [3.05, 3.63) is 63.8 Å². The second-order valence-corrected chi connectivity index (χ2v) is 5.26. The summed E-state index contributed by atoms with van der Waals surface area (Å²) in [6, 6.07) is 10.5. The number of rotatable bonds is 5. The normalized spacial score (nSPS) is 10.5. The third kappa shape index (κ3) is 2.98. The van der Waals surface area contributed by atoms with Crippen molar-refractivity contribution in [3.63, 3.8) is 0 Å². The molecule has 10 nitrogen and oxygen atoms in total. The Morgan fingerprint density at radius 3 is 2.23 bits per heavy atom. The Morgan fingerprint density at radius 2 is 1.65 bits per heavy atom. The quantitative estimate of drug-likeness (QED) is 0.465. The lowest BCUT2D eigenvalue weighted by Crippen LogP contribution is -2.12. The van der Waals surface area contributed by atoms with E-state index < -0.39 is 22.5 Å². The molecule has 0 spiro atoms. The predicted molar refractivity (Wildman–Crippen MR) is 89.4 cm³/mol. The lowest BCUT2D eigenvalue weighted by atomic mass is 10.00. The van der Waals surface area contributed by atoms with Gasteiger partial charge in [-0.3, -0.25) is 14.9 Å². The van der Waals surface area contributed by atoms with E-state index in [1.807, 2.05) is 0 Å². The first-order chi connectivity index (χ1) is 12.4. The maximum atomic E-state index is 11.3. The minimum atomic E-state index is -1.37. The monoisotopic (exact) mass is 353 g/mol. The number of aromatic amines is 1. The molecule has 0 unspecified atom stereocenters. The molecule has 130 valence electrons. The number of hydrogen-bond donors (Lipinski definition) is 3. The van der Waals surface area contributed by atoms with Gasteiger partial charge >= 0.3 is 5.97 Å². The first kappa shape index (κ1) is 16.8. The van der Waals surface area contributed by atoms with Gasteiger partial charge in [0.2, 0.25) is 0 Å². The van der Waals surface area contributed by atoms with Crippen LogP contribution in [-0.4, -0.2) is 37.3 Å². The standard InChI is InChI=1S/C16H11N5O5/c17-15(22)14-13(18-20-19-14)9-3-1-8(2-4-9)10-5-6-11(16(23)24)12(7-10)21(25)26/h1-7H,(H2,17,22)(H,23,24)(H,18,19,20). The van der Waals surface area contributed by atoms with E-state index in [9.17, 15) is 19.7 Å². The van der Waals surface area contributed by atoms with E-state index in [0.29, 0.717) is 16.7 Å². The van der Waals surface area contributed by atoms with E-state index in [1.165, 1.54) is 18.2 Å². The van der Waals surface area contributed by atoms with Crippen molar-refractivity contribution >= 4 is 17.6 Å². The molecule has 2 aromatic carbocycles. The summed E-state index contributed by atoms with van der Waals surface area (Å²) in [5.74, 6) is -2.10. The Morgan fingerprint density at radius 1 is 1.04 bits per heavy atom. The molecule has 1 heterocycles. The minimum absolute atomic E-state index is 0.000742. The zero-order valence-corrected chi connectivity index (χ0v) is 13.0. The molecule has 0 aliphatic rings. The SMILES string of the molecule is NC(=O)c1n[nH]nc1-c1ccc(-c2ccc(C(=O)O)c([N+](=O)[O-])c2)cc1. The van der Waals surface area contributed by atoms with Crippen LogP contribution in [0.4, 0.5) is 5.69 Å². The first-order valence-corrected chi connectivity index (χ1v) is 7.21. The first-order valence-electron chi connectivity index (χ1n) is 7.21. The largest absolute Gasteiger partial charge is 0.477 e. The van der Waals surface area contributed by atoms with Crippen LogP contribution in [0.3, 0.4) is 0 Å². The predicted octanol–water partition coefficient (Wildman–Crippen LogP) is 1.84. The molecule has 0 saturated heterocycles. The fraction of sp³-hybridized carbons (Fsp3) is 0. The highest BCUT2D eigenvalue weighted by Crippen LogP contribution is 2.29. The number of aromatic nitrogens is 3.